The number of hydrogen-bond acceptors (Lipinski definition) is 5. The minimum absolute atomic E-state index is 0.0963. The van der Waals surface area contributed by atoms with Crippen molar-refractivity contribution in [1.29, 1.82) is 0 Å². The fraction of sp³-hybridized carbons (Fsp3) is 0.727. The average Bonchev–Trinajstić information content (AvgIpc) is 2.85. The third-order valence-corrected chi connectivity index (χ3v) is 3.11. The number of guanidine groups is 1. The zero-order chi connectivity index (χ0) is 12.3. The van der Waals surface area contributed by atoms with Crippen LogP contribution in [-0.2, 0) is 14.3 Å². The third-order valence-electron chi connectivity index (χ3n) is 3.11. The number of likely N-dealkylation sites (tertiary alicyclic amines) is 1. The summed E-state index contributed by atoms with van der Waals surface area (Å²) in [6.45, 7) is 2.26. The van der Waals surface area contributed by atoms with Crippen molar-refractivity contribution >= 4 is 17.8 Å². The zero-order valence-corrected chi connectivity index (χ0v) is 9.94. The summed E-state index contributed by atoms with van der Waals surface area (Å²) in [7, 11) is 1.32. The van der Waals surface area contributed by atoms with E-state index in [4.69, 9.17) is 0 Å². The number of hydrogen-bond donors (Lipinski definition) is 1. The molecule has 1 saturated heterocycles. The van der Waals surface area contributed by atoms with E-state index in [1.165, 1.54) is 7.11 Å². The number of carbonyl (C=O) groups is 2. The number of nitrogens with one attached hydrogen (secondary N) is 1. The molecular weight excluding hydrogens is 222 g/mol. The normalized spacial score (nSPS) is 24.3. The molecule has 0 saturated carbocycles. The standard InChI is InChI=1S/C11H17N3O3/c1-17-9(15)6-8-7-12-11(13-10(8)16)14-4-2-3-5-14/h8H,2-7H2,1H3,(H,12,13,16)/t8-/m0/s1. The molecule has 1 fully saturated rings. The Morgan fingerprint density at radius 1 is 1.53 bits per heavy atom. The molecule has 0 spiro atoms. The molecule has 2 rings (SSSR count). The Kier molecular flexibility index (Phi) is 3.61. The lowest BCUT2D eigenvalue weighted by Crippen LogP contribution is -2.49. The Bertz CT molecular complexity index is 348. The molecular formula is C11H17N3O3. The molecule has 0 aromatic carbocycles. The minimum Gasteiger partial charge on any atom is -0.469 e. The SMILES string of the molecule is COC(=O)C[C@H]1CN=C(N2CCCC2)NC1=O. The van der Waals surface area contributed by atoms with Crippen LogP contribution in [0.5, 0.6) is 0 Å². The van der Waals surface area contributed by atoms with Gasteiger partial charge in [0.1, 0.15) is 0 Å². The first kappa shape index (κ1) is 11.9. The summed E-state index contributed by atoms with van der Waals surface area (Å²) in [5.41, 5.74) is 0. The summed E-state index contributed by atoms with van der Waals surface area (Å²) in [5, 5.41) is 2.77. The predicted octanol–water partition coefficient (Wildman–Crippen LogP) is -0.253. The van der Waals surface area contributed by atoms with Crippen LogP contribution in [0.25, 0.3) is 0 Å². The molecule has 6 heteroatoms. The molecule has 1 atom stereocenters. The van der Waals surface area contributed by atoms with E-state index < -0.39 is 5.92 Å². The molecule has 0 bridgehead atoms. The van der Waals surface area contributed by atoms with Crippen LogP contribution in [0.4, 0.5) is 0 Å². The first-order valence-corrected chi connectivity index (χ1v) is 5.88. The Labute approximate surface area is 100 Å². The molecule has 0 aromatic heterocycles. The summed E-state index contributed by atoms with van der Waals surface area (Å²) < 4.78 is 4.55. The lowest BCUT2D eigenvalue weighted by atomic mass is 10.0. The van der Waals surface area contributed by atoms with Gasteiger partial charge in [0.05, 0.1) is 26.0 Å². The van der Waals surface area contributed by atoms with Crippen molar-refractivity contribution in [2.24, 2.45) is 10.9 Å². The van der Waals surface area contributed by atoms with Gasteiger partial charge in [-0.2, -0.15) is 0 Å². The van der Waals surface area contributed by atoms with Crippen molar-refractivity contribution in [3.8, 4) is 0 Å². The van der Waals surface area contributed by atoms with E-state index in [9.17, 15) is 9.59 Å². The second-order valence-corrected chi connectivity index (χ2v) is 4.32. The molecule has 1 N–H and O–H groups in total. The van der Waals surface area contributed by atoms with Gasteiger partial charge in [0.25, 0.3) is 0 Å². The quantitative estimate of drug-likeness (QED) is 0.674. The number of aliphatic imine (C=N–C) groups is 1. The van der Waals surface area contributed by atoms with Crippen LogP contribution < -0.4 is 5.32 Å². The maximum Gasteiger partial charge on any atom is 0.306 e. The highest BCUT2D eigenvalue weighted by atomic mass is 16.5. The van der Waals surface area contributed by atoms with Gasteiger partial charge in [0.2, 0.25) is 11.9 Å². The van der Waals surface area contributed by atoms with Gasteiger partial charge in [-0.25, -0.2) is 0 Å². The maximum absolute atomic E-state index is 11.8. The van der Waals surface area contributed by atoms with Crippen molar-refractivity contribution < 1.29 is 14.3 Å². The number of nitrogens with zero attached hydrogens (tertiary/aromatic N) is 2. The van der Waals surface area contributed by atoms with E-state index >= 15 is 0 Å². The number of rotatable bonds is 2. The molecule has 1 amide bonds. The molecule has 6 nitrogen and oxygen atoms in total. The summed E-state index contributed by atoms with van der Waals surface area (Å²) in [5.74, 6) is -0.236. The molecule has 94 valence electrons. The molecule has 2 aliphatic rings. The molecule has 2 aliphatic heterocycles. The highest BCUT2D eigenvalue weighted by Gasteiger charge is 2.29. The lowest BCUT2D eigenvalue weighted by Gasteiger charge is -2.26. The second kappa shape index (κ2) is 5.16. The van der Waals surface area contributed by atoms with Gasteiger partial charge < -0.3 is 9.64 Å². The zero-order valence-electron chi connectivity index (χ0n) is 9.94. The van der Waals surface area contributed by atoms with Crippen molar-refractivity contribution in [3.63, 3.8) is 0 Å². The summed E-state index contributed by atoms with van der Waals surface area (Å²) in [6, 6.07) is 0. The van der Waals surface area contributed by atoms with Gasteiger partial charge in [-0.3, -0.25) is 19.9 Å². The highest BCUT2D eigenvalue weighted by molar-refractivity contribution is 6.00. The van der Waals surface area contributed by atoms with Crippen molar-refractivity contribution in [2.75, 3.05) is 26.7 Å². The van der Waals surface area contributed by atoms with Crippen molar-refractivity contribution in [2.45, 2.75) is 19.3 Å². The van der Waals surface area contributed by atoms with Crippen LogP contribution in [0.1, 0.15) is 19.3 Å². The van der Waals surface area contributed by atoms with E-state index in [1.54, 1.807) is 0 Å². The minimum atomic E-state index is -0.395. The number of ether oxygens (including phenoxy) is 1. The third kappa shape index (κ3) is 2.75. The topological polar surface area (TPSA) is 71.0 Å². The van der Waals surface area contributed by atoms with Crippen molar-refractivity contribution in [1.82, 2.24) is 10.2 Å². The van der Waals surface area contributed by atoms with E-state index in [2.05, 4.69) is 19.9 Å². The number of carbonyl (C=O) groups excluding carboxylic acids is 2. The van der Waals surface area contributed by atoms with E-state index in [0.717, 1.165) is 25.9 Å². The van der Waals surface area contributed by atoms with Crippen LogP contribution in [0.15, 0.2) is 4.99 Å². The molecule has 17 heavy (non-hydrogen) atoms. The second-order valence-electron chi connectivity index (χ2n) is 4.32. The predicted molar refractivity (Wildman–Crippen MR) is 61.4 cm³/mol. The largest absolute Gasteiger partial charge is 0.469 e. The van der Waals surface area contributed by atoms with E-state index in [1.807, 2.05) is 0 Å². The smallest absolute Gasteiger partial charge is 0.306 e. The van der Waals surface area contributed by atoms with Crippen molar-refractivity contribution in [3.05, 3.63) is 0 Å². The molecule has 0 aliphatic carbocycles. The first-order valence-electron chi connectivity index (χ1n) is 5.88. The van der Waals surface area contributed by atoms with Crippen LogP contribution >= 0.6 is 0 Å². The maximum atomic E-state index is 11.8. The Hall–Kier alpha value is -1.59. The van der Waals surface area contributed by atoms with Gasteiger partial charge in [0.15, 0.2) is 0 Å². The fourth-order valence-corrected chi connectivity index (χ4v) is 2.08. The summed E-state index contributed by atoms with van der Waals surface area (Å²) >= 11 is 0. The monoisotopic (exact) mass is 239 g/mol. The first-order chi connectivity index (χ1) is 8.20. The molecule has 0 unspecified atom stereocenters. The molecule has 0 radical (unpaired) electrons. The molecule has 2 heterocycles. The highest BCUT2D eigenvalue weighted by Crippen LogP contribution is 2.13. The number of methoxy groups -OCH3 is 1. The summed E-state index contributed by atoms with van der Waals surface area (Å²) in [4.78, 5) is 29.3. The number of amides is 1. The summed E-state index contributed by atoms with van der Waals surface area (Å²) in [6.07, 6.45) is 2.38. The van der Waals surface area contributed by atoms with Gasteiger partial charge in [-0.15, -0.1) is 0 Å². The van der Waals surface area contributed by atoms with E-state index in [0.29, 0.717) is 12.5 Å². The number of esters is 1. The van der Waals surface area contributed by atoms with Gasteiger partial charge in [0, 0.05) is 13.1 Å². The average molecular weight is 239 g/mol. The van der Waals surface area contributed by atoms with Crippen LogP contribution in [-0.4, -0.2) is 49.5 Å². The molecule has 0 aromatic rings. The fourth-order valence-electron chi connectivity index (χ4n) is 2.08. The van der Waals surface area contributed by atoms with Gasteiger partial charge in [-0.1, -0.05) is 0 Å². The Morgan fingerprint density at radius 2 is 2.24 bits per heavy atom. The van der Waals surface area contributed by atoms with Crippen LogP contribution in [0.3, 0.4) is 0 Å². The Balaban J connectivity index is 1.94. The Morgan fingerprint density at radius 3 is 2.82 bits per heavy atom. The van der Waals surface area contributed by atoms with E-state index in [-0.39, 0.29) is 18.3 Å². The van der Waals surface area contributed by atoms with Gasteiger partial charge >= 0.3 is 5.97 Å². The lowest BCUT2D eigenvalue weighted by molar-refractivity contribution is -0.144. The van der Waals surface area contributed by atoms with Gasteiger partial charge in [-0.05, 0) is 12.8 Å². The van der Waals surface area contributed by atoms with Crippen LogP contribution in [0, 0.1) is 5.92 Å². The van der Waals surface area contributed by atoms with Crippen LogP contribution in [0.2, 0.25) is 0 Å².